The van der Waals surface area contributed by atoms with Crippen LogP contribution < -0.4 is 5.32 Å². The van der Waals surface area contributed by atoms with Crippen LogP contribution in [0.25, 0.3) is 11.1 Å². The number of anilines is 1. The summed E-state index contributed by atoms with van der Waals surface area (Å²) in [6.45, 7) is 2.58. The summed E-state index contributed by atoms with van der Waals surface area (Å²) in [4.78, 5) is 43.3. The van der Waals surface area contributed by atoms with Gasteiger partial charge in [-0.15, -0.1) is 0 Å². The Morgan fingerprint density at radius 3 is 2.37 bits per heavy atom. The zero-order valence-electron chi connectivity index (χ0n) is 19.0. The number of carboxylic acid groups (broad SMARTS) is 1. The number of nitrogens with one attached hydrogen (secondary N) is 1. The first-order valence-electron chi connectivity index (χ1n) is 11.4. The van der Waals surface area contributed by atoms with Crippen LogP contribution in [0.4, 0.5) is 9.93 Å². The number of hydrogen-bond acceptors (Lipinski definition) is 6. The maximum Gasteiger partial charge on any atom is 0.413 e. The lowest BCUT2D eigenvalue weighted by Crippen LogP contribution is -2.56. The average Bonchev–Trinajstić information content (AvgIpc) is 3.56. The van der Waals surface area contributed by atoms with Gasteiger partial charge in [-0.3, -0.25) is 10.1 Å². The minimum atomic E-state index is -1.13. The minimum Gasteiger partial charge on any atom is -0.479 e. The Hall–Kier alpha value is -3.72. The molecule has 178 valence electrons. The maximum absolute atomic E-state index is 13.1. The second-order valence-corrected chi connectivity index (χ2v) is 10.9. The Labute approximate surface area is 205 Å². The molecule has 3 aromatic rings. The third-order valence-corrected chi connectivity index (χ3v) is 8.31. The van der Waals surface area contributed by atoms with Crippen LogP contribution in [-0.4, -0.2) is 51.7 Å². The molecule has 2 aromatic carbocycles. The molecule has 8 nitrogen and oxygen atoms in total. The van der Waals surface area contributed by atoms with E-state index in [1.807, 2.05) is 43.3 Å². The summed E-state index contributed by atoms with van der Waals surface area (Å²) in [7, 11) is 0. The van der Waals surface area contributed by atoms with Crippen molar-refractivity contribution in [1.82, 2.24) is 9.88 Å². The summed E-state index contributed by atoms with van der Waals surface area (Å²) in [5, 5.41) is 12.5. The van der Waals surface area contributed by atoms with E-state index in [9.17, 15) is 19.5 Å². The number of hydrogen-bond donors (Lipinski definition) is 2. The lowest BCUT2D eigenvalue weighted by molar-refractivity contribution is -0.153. The number of benzene rings is 2. The first-order chi connectivity index (χ1) is 16.8. The summed E-state index contributed by atoms with van der Waals surface area (Å²) in [6, 6.07) is 16.2. The van der Waals surface area contributed by atoms with Crippen molar-refractivity contribution in [3.8, 4) is 11.1 Å². The topological polar surface area (TPSA) is 109 Å². The Balaban J connectivity index is 1.12. The van der Waals surface area contributed by atoms with Gasteiger partial charge in [0, 0.05) is 12.5 Å². The van der Waals surface area contributed by atoms with E-state index in [1.165, 1.54) is 11.1 Å². The molecule has 35 heavy (non-hydrogen) atoms. The van der Waals surface area contributed by atoms with E-state index in [0.717, 1.165) is 33.6 Å². The highest BCUT2D eigenvalue weighted by atomic mass is 32.1. The standard InChI is InChI=1S/C26H23N3O5S/c1-25-12-26(13-25,22(31)32)29(14-25)21(30)20-10-27-23(35-20)28-24(33)34-11-19-17-8-4-2-6-15(17)16-7-3-5-9-18(16)19/h2-10,19H,11-14H2,1H3,(H,31,32)(H,27,28,33). The summed E-state index contributed by atoms with van der Waals surface area (Å²) in [6.07, 6.45) is 1.65. The summed E-state index contributed by atoms with van der Waals surface area (Å²) >= 11 is 1.01. The summed E-state index contributed by atoms with van der Waals surface area (Å²) < 4.78 is 5.54. The third kappa shape index (κ3) is 3.33. The number of aliphatic carboxylic acids is 1. The molecular weight excluding hydrogens is 466 g/mol. The lowest BCUT2D eigenvalue weighted by atomic mass is 9.63. The van der Waals surface area contributed by atoms with Gasteiger partial charge in [0.1, 0.15) is 17.0 Å². The maximum atomic E-state index is 13.1. The molecule has 2 aliphatic carbocycles. The van der Waals surface area contributed by atoms with Crippen LogP contribution >= 0.6 is 11.3 Å². The van der Waals surface area contributed by atoms with Gasteiger partial charge < -0.3 is 14.7 Å². The first-order valence-corrected chi connectivity index (χ1v) is 12.2. The quantitative estimate of drug-likeness (QED) is 0.543. The van der Waals surface area contributed by atoms with E-state index in [1.54, 1.807) is 0 Å². The van der Waals surface area contributed by atoms with Crippen molar-refractivity contribution in [3.05, 3.63) is 70.7 Å². The fourth-order valence-electron chi connectivity index (χ4n) is 6.01. The molecule has 2 amide bonds. The van der Waals surface area contributed by atoms with E-state index < -0.39 is 17.6 Å². The van der Waals surface area contributed by atoms with Gasteiger partial charge in [-0.2, -0.15) is 0 Å². The number of rotatable bonds is 5. The van der Waals surface area contributed by atoms with Crippen LogP contribution in [-0.2, 0) is 9.53 Å². The Kier molecular flexibility index (Phi) is 4.76. The van der Waals surface area contributed by atoms with E-state index in [-0.39, 0.29) is 33.9 Å². The van der Waals surface area contributed by atoms with Gasteiger partial charge in [0.05, 0.1) is 6.20 Å². The smallest absolute Gasteiger partial charge is 0.413 e. The fourth-order valence-corrected chi connectivity index (χ4v) is 6.77. The molecule has 2 bridgehead atoms. The number of thiazole rings is 1. The Bertz CT molecular complexity index is 1330. The van der Waals surface area contributed by atoms with Crippen LogP contribution in [0.3, 0.4) is 0 Å². The van der Waals surface area contributed by atoms with Gasteiger partial charge >= 0.3 is 12.1 Å². The highest BCUT2D eigenvalue weighted by Crippen LogP contribution is 2.59. The van der Waals surface area contributed by atoms with Crippen LogP contribution in [0.15, 0.2) is 54.7 Å². The molecule has 2 N–H and O–H groups in total. The second-order valence-electron chi connectivity index (χ2n) is 9.87. The predicted molar refractivity (Wildman–Crippen MR) is 130 cm³/mol. The minimum absolute atomic E-state index is 0.0585. The van der Waals surface area contributed by atoms with Gasteiger partial charge in [-0.05, 0) is 40.5 Å². The molecule has 4 aliphatic rings. The van der Waals surface area contributed by atoms with Crippen molar-refractivity contribution in [2.75, 3.05) is 18.5 Å². The molecule has 0 spiro atoms. The molecule has 0 unspecified atom stereocenters. The number of carbonyl (C=O) groups is 3. The van der Waals surface area contributed by atoms with E-state index >= 15 is 0 Å². The third-order valence-electron chi connectivity index (χ3n) is 7.41. The van der Waals surface area contributed by atoms with Crippen molar-refractivity contribution in [1.29, 1.82) is 0 Å². The van der Waals surface area contributed by atoms with Gasteiger partial charge in [0.2, 0.25) is 0 Å². The van der Waals surface area contributed by atoms with E-state index in [0.29, 0.717) is 19.4 Å². The van der Waals surface area contributed by atoms with Crippen LogP contribution in [0.1, 0.15) is 46.5 Å². The van der Waals surface area contributed by atoms with Gasteiger partial charge in [0.25, 0.3) is 5.91 Å². The second kappa shape index (κ2) is 7.64. The van der Waals surface area contributed by atoms with Crippen LogP contribution in [0.5, 0.6) is 0 Å². The van der Waals surface area contributed by atoms with Gasteiger partial charge in [-0.1, -0.05) is 66.8 Å². The van der Waals surface area contributed by atoms with Crippen molar-refractivity contribution in [2.24, 2.45) is 5.41 Å². The largest absolute Gasteiger partial charge is 0.479 e. The Morgan fingerprint density at radius 2 is 1.74 bits per heavy atom. The van der Waals surface area contributed by atoms with Crippen molar-refractivity contribution in [3.63, 3.8) is 0 Å². The highest BCUT2D eigenvalue weighted by molar-refractivity contribution is 7.17. The number of amides is 2. The molecule has 3 heterocycles. The van der Waals surface area contributed by atoms with E-state index in [2.05, 4.69) is 22.4 Å². The highest BCUT2D eigenvalue weighted by Gasteiger charge is 2.68. The number of nitrogens with zero attached hydrogens (tertiary/aromatic N) is 2. The zero-order chi connectivity index (χ0) is 24.4. The number of carbonyl (C=O) groups excluding carboxylic acids is 2. The lowest BCUT2D eigenvalue weighted by Gasteiger charge is -2.42. The summed E-state index contributed by atoms with van der Waals surface area (Å²) in [5.74, 6) is -1.40. The molecule has 1 aromatic heterocycles. The van der Waals surface area contributed by atoms with Gasteiger partial charge in [-0.25, -0.2) is 14.6 Å². The molecule has 1 saturated carbocycles. The molecular formula is C26H23N3O5S. The van der Waals surface area contributed by atoms with Crippen molar-refractivity contribution in [2.45, 2.75) is 31.2 Å². The van der Waals surface area contributed by atoms with Crippen LogP contribution in [0.2, 0.25) is 0 Å². The van der Waals surface area contributed by atoms with E-state index in [4.69, 9.17) is 4.74 Å². The number of carboxylic acids is 1. The number of fused-ring (bicyclic) bond motifs is 4. The fraction of sp³-hybridized carbons (Fsp3) is 0.308. The molecule has 3 fully saturated rings. The SMILES string of the molecule is CC12CN(C(=O)c3cnc(NC(=O)OCC4c5ccccc5-c5ccccc54)s3)C(C(=O)O)(C1)C2. The van der Waals surface area contributed by atoms with Crippen molar-refractivity contribution < 1.29 is 24.2 Å². The summed E-state index contributed by atoms with van der Waals surface area (Å²) in [5.41, 5.74) is 3.25. The Morgan fingerprint density at radius 1 is 1.11 bits per heavy atom. The first kappa shape index (κ1) is 21.8. The molecule has 0 radical (unpaired) electrons. The molecule has 2 aliphatic heterocycles. The van der Waals surface area contributed by atoms with Crippen LogP contribution in [0, 0.1) is 5.41 Å². The zero-order valence-corrected chi connectivity index (χ0v) is 19.8. The average molecular weight is 490 g/mol. The van der Waals surface area contributed by atoms with Gasteiger partial charge in [0.15, 0.2) is 5.13 Å². The monoisotopic (exact) mass is 489 g/mol. The molecule has 9 heteroatoms. The number of aromatic nitrogens is 1. The van der Waals surface area contributed by atoms with Crippen molar-refractivity contribution >= 4 is 34.4 Å². The normalized spacial score (nSPS) is 23.9. The molecule has 7 rings (SSSR count). The number of ether oxygens (including phenoxy) is 1. The molecule has 0 atom stereocenters. The predicted octanol–water partition coefficient (Wildman–Crippen LogP) is 4.58. The molecule has 2 saturated heterocycles.